The number of primary amides is 1. The number of carbonyl (C=O) groups excluding carboxylic acids is 7. The van der Waals surface area contributed by atoms with Gasteiger partial charge in [-0.3, -0.25) is 43.8 Å². The summed E-state index contributed by atoms with van der Waals surface area (Å²) in [6.07, 6.45) is 10.3. The van der Waals surface area contributed by atoms with Crippen molar-refractivity contribution in [2.24, 2.45) is 16.6 Å². The summed E-state index contributed by atoms with van der Waals surface area (Å²) >= 11 is 0. The fourth-order valence-electron chi connectivity index (χ4n) is 8.39. The molecule has 2 aromatic heterocycles. The number of piperidine rings is 2. The zero-order chi connectivity index (χ0) is 50.0. The molecule has 2 aromatic carbocycles. The number of fused-ring (bicyclic) bond motifs is 1. The number of nitrogens with zero attached hydrogens (tertiary/aromatic N) is 6. The van der Waals surface area contributed by atoms with Crippen molar-refractivity contribution >= 4 is 65.0 Å². The normalized spacial score (nSPS) is 17.8. The minimum atomic E-state index is -1.02. The molecule has 3 aliphatic heterocycles. The Bertz CT molecular complexity index is 2750. The number of ether oxygens (including phenoxy) is 2. The van der Waals surface area contributed by atoms with Gasteiger partial charge >= 0.3 is 0 Å². The highest BCUT2D eigenvalue weighted by atomic mass is 16.5. The Morgan fingerprint density at radius 3 is 2.39 bits per heavy atom. The van der Waals surface area contributed by atoms with Crippen LogP contribution in [0.3, 0.4) is 0 Å². The van der Waals surface area contributed by atoms with Crippen LogP contribution in [0.1, 0.15) is 103 Å². The van der Waals surface area contributed by atoms with Crippen LogP contribution in [0, 0.1) is 5.92 Å². The van der Waals surface area contributed by atoms with Crippen LogP contribution >= 0.6 is 0 Å². The summed E-state index contributed by atoms with van der Waals surface area (Å²) in [6.45, 7) is 10.4. The Morgan fingerprint density at radius 2 is 1.69 bits per heavy atom. The molecule has 2 saturated heterocycles. The van der Waals surface area contributed by atoms with Crippen LogP contribution in [0.2, 0.25) is 0 Å². The standard InChI is InChI=1S/C49H56N12O10/c1-3-30(25-39(51-2)53-26-29-7-8-29)47-56-37(28-71-47)45(65)55-36-27-60(58-42(36)43(50)63)33-11-9-31(10-12-33)44(64)52-17-21-69-23-24-70-22-20-59-18-15-32(16-19-59)54-35-6-4-5-34-41(35)49(68)61(48(34)67)38-13-14-40(62)57-46(38)66/h3-6,9-12,25,27-29,32,38,53-54H,2,7-8,13-24,26H2,1H3,(H2,50,63)(H,52,64)(H,55,65)(H,57,62,66)/b30-3+,39-25+. The molecule has 1 saturated carbocycles. The number of likely N-dealkylation sites (tertiary alicyclic amines) is 1. The van der Waals surface area contributed by atoms with E-state index >= 15 is 0 Å². The fourth-order valence-corrected chi connectivity index (χ4v) is 8.39. The molecule has 1 atom stereocenters. The van der Waals surface area contributed by atoms with E-state index in [2.05, 4.69) is 53.3 Å². The van der Waals surface area contributed by atoms with E-state index in [9.17, 15) is 33.6 Å². The minimum absolute atomic E-state index is 0.0413. The predicted octanol–water partition coefficient (Wildman–Crippen LogP) is 2.90. The van der Waals surface area contributed by atoms with Gasteiger partial charge in [0.2, 0.25) is 17.7 Å². The molecule has 4 aromatic rings. The average molecular weight is 973 g/mol. The Balaban J connectivity index is 0.710. The number of carbonyl (C=O) groups is 7. The molecule has 22 heteroatoms. The van der Waals surface area contributed by atoms with Crippen molar-refractivity contribution in [3.05, 3.63) is 107 Å². The molecule has 71 heavy (non-hydrogen) atoms. The lowest BCUT2D eigenvalue weighted by atomic mass is 10.0. The second-order valence-corrected chi connectivity index (χ2v) is 17.4. The molecule has 0 radical (unpaired) electrons. The number of hydrogen-bond acceptors (Lipinski definition) is 16. The zero-order valence-corrected chi connectivity index (χ0v) is 39.2. The van der Waals surface area contributed by atoms with Gasteiger partial charge in [-0.25, -0.2) is 14.7 Å². The van der Waals surface area contributed by atoms with E-state index in [1.807, 2.05) is 0 Å². The maximum absolute atomic E-state index is 13.5. The number of aromatic nitrogens is 3. The predicted molar refractivity (Wildman–Crippen MR) is 259 cm³/mol. The molecule has 1 unspecified atom stereocenters. The number of amides is 7. The Hall–Kier alpha value is -7.82. The number of oxazole rings is 1. The third-order valence-electron chi connectivity index (χ3n) is 12.5. The lowest BCUT2D eigenvalue weighted by Crippen LogP contribution is -2.54. The largest absolute Gasteiger partial charge is 0.444 e. The molecule has 0 spiro atoms. The number of nitrogens with one attached hydrogen (secondary N) is 5. The molecular formula is C49H56N12O10. The van der Waals surface area contributed by atoms with Gasteiger partial charge in [0.05, 0.1) is 55.1 Å². The van der Waals surface area contributed by atoms with Gasteiger partial charge < -0.3 is 45.8 Å². The van der Waals surface area contributed by atoms with Crippen molar-refractivity contribution in [1.29, 1.82) is 0 Å². The maximum Gasteiger partial charge on any atom is 0.277 e. The Labute approximate surface area is 408 Å². The van der Waals surface area contributed by atoms with E-state index in [1.165, 1.54) is 30.0 Å². The van der Waals surface area contributed by atoms with Crippen LogP contribution in [0.4, 0.5) is 11.4 Å². The Kier molecular flexibility index (Phi) is 15.9. The number of nitrogens with two attached hydrogens (primary N) is 1. The van der Waals surface area contributed by atoms with Crippen molar-refractivity contribution in [2.45, 2.75) is 57.5 Å². The zero-order valence-electron chi connectivity index (χ0n) is 39.2. The molecule has 8 rings (SSSR count). The highest BCUT2D eigenvalue weighted by molar-refractivity contribution is 6.25. The summed E-state index contributed by atoms with van der Waals surface area (Å²) in [7, 11) is 0. The first-order valence-electron chi connectivity index (χ1n) is 23.5. The van der Waals surface area contributed by atoms with Gasteiger partial charge in [0.25, 0.3) is 29.5 Å². The number of allylic oxidation sites excluding steroid dienone is 3. The van der Waals surface area contributed by atoms with E-state index < -0.39 is 41.5 Å². The number of rotatable bonds is 23. The molecule has 0 bridgehead atoms. The van der Waals surface area contributed by atoms with Crippen molar-refractivity contribution in [1.82, 2.24) is 40.5 Å². The van der Waals surface area contributed by atoms with Crippen LogP contribution in [0.25, 0.3) is 11.3 Å². The van der Waals surface area contributed by atoms with Gasteiger partial charge in [-0.15, -0.1) is 0 Å². The monoisotopic (exact) mass is 972 g/mol. The van der Waals surface area contributed by atoms with Crippen molar-refractivity contribution < 1.29 is 47.5 Å². The molecular weight excluding hydrogens is 917 g/mol. The van der Waals surface area contributed by atoms with Gasteiger partial charge in [-0.1, -0.05) is 12.1 Å². The number of benzene rings is 2. The SMILES string of the molecule is C=N/C(=C\C(=C/C)c1nc(C(=O)Nc2cn(-c3ccc(C(=O)NCCOCCOCCN4CCC(Nc5cccc6c5C(=O)N(C5CCC(=O)NC5=O)C6=O)CC4)cc3)nc2C(N)=O)co1)NCC1CC1. The molecule has 4 aliphatic rings. The lowest BCUT2D eigenvalue weighted by Gasteiger charge is -2.33. The smallest absolute Gasteiger partial charge is 0.277 e. The molecule has 5 heterocycles. The van der Waals surface area contributed by atoms with E-state index in [1.54, 1.807) is 61.5 Å². The van der Waals surface area contributed by atoms with E-state index in [4.69, 9.17) is 19.6 Å². The molecule has 1 aliphatic carbocycles. The number of anilines is 2. The molecule has 22 nitrogen and oxygen atoms in total. The van der Waals surface area contributed by atoms with Gasteiger partial charge in [-0.05, 0) is 94.1 Å². The van der Waals surface area contributed by atoms with Gasteiger partial charge in [0, 0.05) is 62.0 Å². The number of hydrogen-bond donors (Lipinski definition) is 6. The molecule has 3 fully saturated rings. The van der Waals surface area contributed by atoms with Gasteiger partial charge in [0.1, 0.15) is 18.1 Å². The van der Waals surface area contributed by atoms with Crippen LogP contribution in [0.5, 0.6) is 0 Å². The van der Waals surface area contributed by atoms with Crippen LogP contribution in [-0.2, 0) is 19.1 Å². The van der Waals surface area contributed by atoms with Crippen LogP contribution < -0.4 is 32.3 Å². The molecule has 7 amide bonds. The second-order valence-electron chi connectivity index (χ2n) is 17.4. The Morgan fingerprint density at radius 1 is 0.930 bits per heavy atom. The first kappa shape index (κ1) is 49.6. The fraction of sp³-hybridized carbons (Fsp3) is 0.388. The van der Waals surface area contributed by atoms with E-state index in [0.717, 1.165) is 43.9 Å². The van der Waals surface area contributed by atoms with Crippen molar-refractivity contribution in [2.75, 3.05) is 69.8 Å². The van der Waals surface area contributed by atoms with E-state index in [0.29, 0.717) is 54.1 Å². The molecule has 7 N–H and O–H groups in total. The summed E-state index contributed by atoms with van der Waals surface area (Å²) in [5.41, 5.74) is 7.96. The molecule has 372 valence electrons. The summed E-state index contributed by atoms with van der Waals surface area (Å²) in [5.74, 6) is -2.59. The highest BCUT2D eigenvalue weighted by Crippen LogP contribution is 2.34. The quantitative estimate of drug-likeness (QED) is 0.0270. The lowest BCUT2D eigenvalue weighted by molar-refractivity contribution is -0.136. The van der Waals surface area contributed by atoms with E-state index in [-0.39, 0.29) is 72.0 Å². The topological polar surface area (TPSA) is 287 Å². The summed E-state index contributed by atoms with van der Waals surface area (Å²) < 4.78 is 18.4. The third kappa shape index (κ3) is 12.1. The van der Waals surface area contributed by atoms with Crippen molar-refractivity contribution in [3.8, 4) is 5.69 Å². The van der Waals surface area contributed by atoms with Crippen LogP contribution in [0.15, 0.2) is 82.3 Å². The van der Waals surface area contributed by atoms with Gasteiger partial charge in [-0.2, -0.15) is 5.10 Å². The maximum atomic E-state index is 13.5. The number of imide groups is 2. The third-order valence-corrected chi connectivity index (χ3v) is 12.5. The van der Waals surface area contributed by atoms with Gasteiger partial charge in [0.15, 0.2) is 11.4 Å². The summed E-state index contributed by atoms with van der Waals surface area (Å²) in [5, 5.41) is 18.7. The second kappa shape index (κ2) is 22.7. The van der Waals surface area contributed by atoms with Crippen molar-refractivity contribution in [3.63, 3.8) is 0 Å². The summed E-state index contributed by atoms with van der Waals surface area (Å²) in [4.78, 5) is 101. The first-order chi connectivity index (χ1) is 34.4. The van der Waals surface area contributed by atoms with Crippen LogP contribution in [-0.4, -0.2) is 144 Å². The minimum Gasteiger partial charge on any atom is -0.444 e. The highest BCUT2D eigenvalue weighted by Gasteiger charge is 2.46. The first-order valence-corrected chi connectivity index (χ1v) is 23.5. The average Bonchev–Trinajstić information content (AvgIpc) is 3.77. The summed E-state index contributed by atoms with van der Waals surface area (Å²) in [6, 6.07) is 10.6. The number of aliphatic imine (C=N–C) groups is 1.